The van der Waals surface area contributed by atoms with Gasteiger partial charge in [-0.1, -0.05) is 6.07 Å². The molecule has 0 aliphatic heterocycles. The van der Waals surface area contributed by atoms with Crippen molar-refractivity contribution < 1.29 is 4.79 Å². The van der Waals surface area contributed by atoms with Gasteiger partial charge in [0.25, 0.3) is 5.91 Å². The largest absolute Gasteiger partial charge is 0.398 e. The fourth-order valence-corrected chi connectivity index (χ4v) is 1.73. The van der Waals surface area contributed by atoms with Gasteiger partial charge in [-0.05, 0) is 24.6 Å². The minimum absolute atomic E-state index is 0.170. The fraction of sp³-hybridized carbons (Fsp3) is 0.231. The molecule has 0 aliphatic rings. The Morgan fingerprint density at radius 1 is 1.50 bits per heavy atom. The Hall–Kier alpha value is -2.30. The number of nitrogens with two attached hydrogens (primary N) is 1. The van der Waals surface area contributed by atoms with E-state index < -0.39 is 0 Å². The van der Waals surface area contributed by atoms with Gasteiger partial charge in [0.05, 0.1) is 11.8 Å². The number of hydrogen-bond acceptors (Lipinski definition) is 3. The third kappa shape index (κ3) is 2.68. The molecule has 1 heterocycles. The second-order valence-electron chi connectivity index (χ2n) is 4.30. The maximum absolute atomic E-state index is 11.9. The van der Waals surface area contributed by atoms with Crippen molar-refractivity contribution >= 4 is 11.6 Å². The highest BCUT2D eigenvalue weighted by atomic mass is 16.1. The van der Waals surface area contributed by atoms with E-state index in [9.17, 15) is 4.79 Å². The van der Waals surface area contributed by atoms with E-state index in [4.69, 9.17) is 5.73 Å². The van der Waals surface area contributed by atoms with Crippen molar-refractivity contribution in [2.24, 2.45) is 7.05 Å². The summed E-state index contributed by atoms with van der Waals surface area (Å²) < 4.78 is 1.70. The summed E-state index contributed by atoms with van der Waals surface area (Å²) in [6.45, 7) is 2.38. The van der Waals surface area contributed by atoms with E-state index in [1.165, 1.54) is 0 Å². The molecule has 18 heavy (non-hydrogen) atoms. The minimum Gasteiger partial charge on any atom is -0.398 e. The molecule has 0 fully saturated rings. The van der Waals surface area contributed by atoms with Crippen molar-refractivity contribution in [2.75, 3.05) is 5.73 Å². The molecule has 5 nitrogen and oxygen atoms in total. The number of anilines is 1. The van der Waals surface area contributed by atoms with E-state index in [0.717, 1.165) is 11.1 Å². The number of rotatable bonds is 3. The van der Waals surface area contributed by atoms with Crippen LogP contribution in [-0.2, 0) is 13.6 Å². The molecule has 1 aromatic heterocycles. The van der Waals surface area contributed by atoms with Crippen molar-refractivity contribution in [1.82, 2.24) is 15.1 Å². The second kappa shape index (κ2) is 4.91. The fourth-order valence-electron chi connectivity index (χ4n) is 1.73. The molecule has 0 atom stereocenters. The van der Waals surface area contributed by atoms with Gasteiger partial charge in [-0.2, -0.15) is 5.10 Å². The van der Waals surface area contributed by atoms with Gasteiger partial charge in [-0.3, -0.25) is 9.48 Å². The molecule has 2 rings (SSSR count). The zero-order valence-corrected chi connectivity index (χ0v) is 10.5. The van der Waals surface area contributed by atoms with E-state index in [0.29, 0.717) is 17.8 Å². The van der Waals surface area contributed by atoms with E-state index in [2.05, 4.69) is 10.4 Å². The highest BCUT2D eigenvalue weighted by Crippen LogP contribution is 2.13. The maximum Gasteiger partial charge on any atom is 0.253 e. The lowest BCUT2D eigenvalue weighted by Gasteiger charge is -2.07. The molecule has 0 spiro atoms. The lowest BCUT2D eigenvalue weighted by molar-refractivity contribution is 0.0952. The second-order valence-corrected chi connectivity index (χ2v) is 4.30. The van der Waals surface area contributed by atoms with Gasteiger partial charge in [0, 0.05) is 31.0 Å². The van der Waals surface area contributed by atoms with Gasteiger partial charge in [0.1, 0.15) is 0 Å². The first-order valence-corrected chi connectivity index (χ1v) is 5.68. The molecule has 0 radical (unpaired) electrons. The molecule has 94 valence electrons. The summed E-state index contributed by atoms with van der Waals surface area (Å²) >= 11 is 0. The zero-order valence-electron chi connectivity index (χ0n) is 10.5. The Kier molecular flexibility index (Phi) is 3.32. The van der Waals surface area contributed by atoms with Crippen molar-refractivity contribution in [2.45, 2.75) is 13.5 Å². The van der Waals surface area contributed by atoms with Crippen LogP contribution in [0.5, 0.6) is 0 Å². The van der Waals surface area contributed by atoms with Crippen molar-refractivity contribution in [1.29, 1.82) is 0 Å². The average Bonchev–Trinajstić information content (AvgIpc) is 2.72. The predicted octanol–water partition coefficient (Wildman–Crippen LogP) is 1.24. The highest BCUT2D eigenvalue weighted by Gasteiger charge is 2.09. The van der Waals surface area contributed by atoms with Crippen molar-refractivity contribution in [3.05, 3.63) is 47.3 Å². The van der Waals surface area contributed by atoms with Crippen LogP contribution in [0.3, 0.4) is 0 Å². The highest BCUT2D eigenvalue weighted by molar-refractivity contribution is 5.99. The van der Waals surface area contributed by atoms with Crippen LogP contribution in [0.15, 0.2) is 30.6 Å². The Balaban J connectivity index is 2.03. The Labute approximate surface area is 106 Å². The van der Waals surface area contributed by atoms with E-state index in [1.54, 1.807) is 23.0 Å². The number of carbonyl (C=O) groups excluding carboxylic acids is 1. The molecule has 5 heteroatoms. The first kappa shape index (κ1) is 12.2. The van der Waals surface area contributed by atoms with Gasteiger partial charge in [0.15, 0.2) is 0 Å². The van der Waals surface area contributed by atoms with Crippen LogP contribution < -0.4 is 11.1 Å². The number of nitrogen functional groups attached to an aromatic ring is 1. The van der Waals surface area contributed by atoms with E-state index >= 15 is 0 Å². The molecule has 0 saturated heterocycles. The van der Waals surface area contributed by atoms with Crippen LogP contribution in [0.25, 0.3) is 0 Å². The summed E-state index contributed by atoms with van der Waals surface area (Å²) in [5.74, 6) is -0.170. The third-order valence-electron chi connectivity index (χ3n) is 2.66. The summed E-state index contributed by atoms with van der Waals surface area (Å²) in [6, 6.07) is 5.40. The molecule has 0 bridgehead atoms. The first-order chi connectivity index (χ1) is 8.56. The smallest absolute Gasteiger partial charge is 0.253 e. The summed E-state index contributed by atoms with van der Waals surface area (Å²) in [5, 5.41) is 6.85. The molecular weight excluding hydrogens is 228 g/mol. The van der Waals surface area contributed by atoms with Crippen LogP contribution in [-0.4, -0.2) is 15.7 Å². The normalized spacial score (nSPS) is 10.3. The number of aromatic nitrogens is 2. The van der Waals surface area contributed by atoms with E-state index in [1.807, 2.05) is 26.2 Å². The van der Waals surface area contributed by atoms with Crippen LogP contribution in [0, 0.1) is 6.92 Å². The van der Waals surface area contributed by atoms with Crippen LogP contribution in [0.2, 0.25) is 0 Å². The van der Waals surface area contributed by atoms with Crippen molar-refractivity contribution in [3.63, 3.8) is 0 Å². The monoisotopic (exact) mass is 244 g/mol. The molecule has 0 unspecified atom stereocenters. The number of hydrogen-bond donors (Lipinski definition) is 2. The van der Waals surface area contributed by atoms with Crippen LogP contribution in [0.1, 0.15) is 21.5 Å². The molecule has 1 aromatic carbocycles. The Morgan fingerprint density at radius 3 is 2.89 bits per heavy atom. The topological polar surface area (TPSA) is 72.9 Å². The molecule has 1 amide bonds. The number of nitrogens with zero attached hydrogens (tertiary/aromatic N) is 2. The summed E-state index contributed by atoms with van der Waals surface area (Å²) in [6.07, 6.45) is 3.58. The van der Waals surface area contributed by atoms with Gasteiger partial charge in [-0.25, -0.2) is 0 Å². The average molecular weight is 244 g/mol. The Morgan fingerprint density at radius 2 is 2.28 bits per heavy atom. The molecule has 2 aromatic rings. The predicted molar refractivity (Wildman–Crippen MR) is 70.0 cm³/mol. The van der Waals surface area contributed by atoms with Crippen LogP contribution >= 0.6 is 0 Å². The number of benzene rings is 1. The third-order valence-corrected chi connectivity index (χ3v) is 2.66. The lowest BCUT2D eigenvalue weighted by Crippen LogP contribution is -2.23. The molecular formula is C13H16N4O. The molecule has 3 N–H and O–H groups in total. The minimum atomic E-state index is -0.170. The standard InChI is InChI=1S/C13H16N4O/c1-9-3-4-11(12(14)5-9)13(18)15-6-10-7-16-17(2)8-10/h3-5,7-8H,6,14H2,1-2H3,(H,15,18). The number of amides is 1. The number of carbonyl (C=O) groups is 1. The summed E-state index contributed by atoms with van der Waals surface area (Å²) in [5.41, 5.74) is 8.81. The number of aryl methyl sites for hydroxylation is 2. The Bertz CT molecular complexity index is 574. The SMILES string of the molecule is Cc1ccc(C(=O)NCc2cnn(C)c2)c(N)c1. The molecule has 0 aliphatic carbocycles. The molecule has 0 saturated carbocycles. The van der Waals surface area contributed by atoms with Gasteiger partial charge < -0.3 is 11.1 Å². The summed E-state index contributed by atoms with van der Waals surface area (Å²) in [4.78, 5) is 11.9. The van der Waals surface area contributed by atoms with Crippen molar-refractivity contribution in [3.8, 4) is 0 Å². The quantitative estimate of drug-likeness (QED) is 0.798. The van der Waals surface area contributed by atoms with Gasteiger partial charge in [-0.15, -0.1) is 0 Å². The summed E-state index contributed by atoms with van der Waals surface area (Å²) in [7, 11) is 1.84. The maximum atomic E-state index is 11.9. The first-order valence-electron chi connectivity index (χ1n) is 5.68. The van der Waals surface area contributed by atoms with Gasteiger partial charge in [0.2, 0.25) is 0 Å². The lowest BCUT2D eigenvalue weighted by atomic mass is 10.1. The van der Waals surface area contributed by atoms with E-state index in [-0.39, 0.29) is 5.91 Å². The van der Waals surface area contributed by atoms with Gasteiger partial charge >= 0.3 is 0 Å². The van der Waals surface area contributed by atoms with Crippen LogP contribution in [0.4, 0.5) is 5.69 Å². The number of nitrogens with one attached hydrogen (secondary N) is 1. The zero-order chi connectivity index (χ0) is 13.1.